The molecule has 0 aliphatic heterocycles. The average molecular weight is 273 g/mol. The predicted molar refractivity (Wildman–Crippen MR) is 65.5 cm³/mol. The second kappa shape index (κ2) is 6.80. The van der Waals surface area contributed by atoms with Crippen molar-refractivity contribution in [3.05, 3.63) is 23.5 Å². The Kier molecular flexibility index (Phi) is 5.38. The van der Waals surface area contributed by atoms with Gasteiger partial charge in [-0.05, 0) is 6.07 Å². The standard InChI is InChI=1S/C11H13ClN2O4/c1-17-10(15)6-14(7-11(16)18-2)9-3-4-13-5-8(9)12/h3-5H,6-7H2,1-2H3. The number of hydrogen-bond acceptors (Lipinski definition) is 6. The molecular weight excluding hydrogens is 260 g/mol. The number of rotatable bonds is 5. The zero-order chi connectivity index (χ0) is 13.5. The van der Waals surface area contributed by atoms with Crippen molar-refractivity contribution in [2.24, 2.45) is 0 Å². The molecule has 0 amide bonds. The number of ether oxygens (including phenoxy) is 2. The predicted octanol–water partition coefficient (Wildman–Crippen LogP) is 0.887. The lowest BCUT2D eigenvalue weighted by molar-refractivity contribution is -0.140. The van der Waals surface area contributed by atoms with E-state index >= 15 is 0 Å². The minimum absolute atomic E-state index is 0.102. The molecule has 0 radical (unpaired) electrons. The summed E-state index contributed by atoms with van der Waals surface area (Å²) in [5.74, 6) is -0.960. The van der Waals surface area contributed by atoms with Crippen LogP contribution in [0.2, 0.25) is 5.02 Å². The van der Waals surface area contributed by atoms with Crippen molar-refractivity contribution >= 4 is 29.2 Å². The van der Waals surface area contributed by atoms with Crippen LogP contribution in [0.5, 0.6) is 0 Å². The summed E-state index contributed by atoms with van der Waals surface area (Å²) >= 11 is 5.96. The molecule has 0 aliphatic carbocycles. The Hall–Kier alpha value is -1.82. The van der Waals surface area contributed by atoms with Gasteiger partial charge in [0.2, 0.25) is 0 Å². The lowest BCUT2D eigenvalue weighted by Gasteiger charge is -2.22. The summed E-state index contributed by atoms with van der Waals surface area (Å²) in [6.07, 6.45) is 2.95. The normalized spacial score (nSPS) is 9.72. The van der Waals surface area contributed by atoms with Gasteiger partial charge in [-0.1, -0.05) is 11.6 Å². The highest BCUT2D eigenvalue weighted by atomic mass is 35.5. The summed E-state index contributed by atoms with van der Waals surface area (Å²) < 4.78 is 9.13. The fourth-order valence-electron chi connectivity index (χ4n) is 1.29. The second-order valence-corrected chi connectivity index (χ2v) is 3.74. The lowest BCUT2D eigenvalue weighted by Crippen LogP contribution is -2.35. The monoisotopic (exact) mass is 272 g/mol. The third-order valence-corrected chi connectivity index (χ3v) is 2.48. The van der Waals surface area contributed by atoms with Crippen LogP contribution in [-0.4, -0.2) is 44.2 Å². The van der Waals surface area contributed by atoms with Gasteiger partial charge in [-0.15, -0.1) is 0 Å². The van der Waals surface area contributed by atoms with E-state index < -0.39 is 11.9 Å². The molecule has 1 heterocycles. The van der Waals surface area contributed by atoms with Gasteiger partial charge in [0.1, 0.15) is 13.1 Å². The Morgan fingerprint density at radius 3 is 2.28 bits per heavy atom. The van der Waals surface area contributed by atoms with E-state index in [0.717, 1.165) is 0 Å². The van der Waals surface area contributed by atoms with E-state index in [1.807, 2.05) is 0 Å². The molecular formula is C11H13ClN2O4. The molecule has 1 aromatic rings. The topological polar surface area (TPSA) is 68.7 Å². The smallest absolute Gasteiger partial charge is 0.325 e. The summed E-state index contributed by atoms with van der Waals surface area (Å²) in [6, 6.07) is 1.61. The van der Waals surface area contributed by atoms with Crippen LogP contribution in [0.3, 0.4) is 0 Å². The molecule has 0 N–H and O–H groups in total. The number of carbonyl (C=O) groups is 2. The van der Waals surface area contributed by atoms with Gasteiger partial charge in [0.25, 0.3) is 0 Å². The maximum Gasteiger partial charge on any atom is 0.325 e. The van der Waals surface area contributed by atoms with Gasteiger partial charge in [0.05, 0.1) is 24.9 Å². The molecule has 1 rings (SSSR count). The Morgan fingerprint density at radius 2 is 1.83 bits per heavy atom. The number of esters is 2. The lowest BCUT2D eigenvalue weighted by atomic mass is 10.3. The number of aromatic nitrogens is 1. The van der Waals surface area contributed by atoms with E-state index in [-0.39, 0.29) is 13.1 Å². The van der Waals surface area contributed by atoms with Crippen LogP contribution in [0, 0.1) is 0 Å². The molecule has 0 saturated heterocycles. The first-order valence-electron chi connectivity index (χ1n) is 5.06. The van der Waals surface area contributed by atoms with Crippen molar-refractivity contribution in [1.29, 1.82) is 0 Å². The zero-order valence-electron chi connectivity index (χ0n) is 10.1. The number of carbonyl (C=O) groups excluding carboxylic acids is 2. The molecule has 0 saturated carbocycles. The maximum absolute atomic E-state index is 11.3. The van der Waals surface area contributed by atoms with Crippen molar-refractivity contribution in [3.8, 4) is 0 Å². The van der Waals surface area contributed by atoms with Crippen LogP contribution in [-0.2, 0) is 19.1 Å². The Bertz CT molecular complexity index is 421. The van der Waals surface area contributed by atoms with Gasteiger partial charge in [0, 0.05) is 12.4 Å². The summed E-state index contributed by atoms with van der Waals surface area (Å²) in [5.41, 5.74) is 0.516. The highest BCUT2D eigenvalue weighted by Crippen LogP contribution is 2.23. The zero-order valence-corrected chi connectivity index (χ0v) is 10.8. The van der Waals surface area contributed by atoms with E-state index in [2.05, 4.69) is 14.5 Å². The fraction of sp³-hybridized carbons (Fsp3) is 0.364. The van der Waals surface area contributed by atoms with E-state index in [1.54, 1.807) is 6.07 Å². The third kappa shape index (κ3) is 3.89. The van der Waals surface area contributed by atoms with Crippen LogP contribution in [0.25, 0.3) is 0 Å². The maximum atomic E-state index is 11.3. The van der Waals surface area contributed by atoms with E-state index in [4.69, 9.17) is 11.6 Å². The Morgan fingerprint density at radius 1 is 1.28 bits per heavy atom. The first-order valence-corrected chi connectivity index (χ1v) is 5.44. The number of hydrogen-bond donors (Lipinski definition) is 0. The van der Waals surface area contributed by atoms with Crippen LogP contribution < -0.4 is 4.90 Å². The van der Waals surface area contributed by atoms with Crippen molar-refractivity contribution in [2.45, 2.75) is 0 Å². The van der Waals surface area contributed by atoms with E-state index in [0.29, 0.717) is 10.7 Å². The summed E-state index contributed by atoms with van der Waals surface area (Å²) in [7, 11) is 2.54. The van der Waals surface area contributed by atoms with Crippen molar-refractivity contribution in [2.75, 3.05) is 32.2 Å². The molecule has 0 unspecified atom stereocenters. The molecule has 0 fully saturated rings. The number of methoxy groups -OCH3 is 2. The van der Waals surface area contributed by atoms with Gasteiger partial charge in [-0.25, -0.2) is 0 Å². The van der Waals surface area contributed by atoms with Crippen LogP contribution >= 0.6 is 11.6 Å². The van der Waals surface area contributed by atoms with Crippen LogP contribution in [0.15, 0.2) is 18.5 Å². The van der Waals surface area contributed by atoms with E-state index in [9.17, 15) is 9.59 Å². The average Bonchev–Trinajstić information content (AvgIpc) is 2.38. The SMILES string of the molecule is COC(=O)CN(CC(=O)OC)c1ccncc1Cl. The first kappa shape index (κ1) is 14.2. The summed E-state index contributed by atoms with van der Waals surface area (Å²) in [4.78, 5) is 27.9. The molecule has 18 heavy (non-hydrogen) atoms. The fourth-order valence-corrected chi connectivity index (χ4v) is 1.53. The molecule has 0 bridgehead atoms. The highest BCUT2D eigenvalue weighted by Gasteiger charge is 2.18. The minimum Gasteiger partial charge on any atom is -0.468 e. The van der Waals surface area contributed by atoms with Gasteiger partial charge in [-0.3, -0.25) is 14.6 Å². The molecule has 0 aliphatic rings. The molecule has 98 valence electrons. The number of halogens is 1. The number of anilines is 1. The quantitative estimate of drug-likeness (QED) is 0.742. The Labute approximate surface area is 109 Å². The molecule has 0 aromatic carbocycles. The van der Waals surface area contributed by atoms with Crippen molar-refractivity contribution in [1.82, 2.24) is 4.98 Å². The molecule has 0 spiro atoms. The molecule has 6 nitrogen and oxygen atoms in total. The van der Waals surface area contributed by atoms with Gasteiger partial charge in [-0.2, -0.15) is 0 Å². The minimum atomic E-state index is -0.480. The third-order valence-electron chi connectivity index (χ3n) is 2.19. The second-order valence-electron chi connectivity index (χ2n) is 3.34. The van der Waals surface area contributed by atoms with Crippen molar-refractivity contribution < 1.29 is 19.1 Å². The molecule has 1 aromatic heterocycles. The van der Waals surface area contributed by atoms with Gasteiger partial charge in [0.15, 0.2) is 0 Å². The van der Waals surface area contributed by atoms with Crippen molar-refractivity contribution in [3.63, 3.8) is 0 Å². The van der Waals surface area contributed by atoms with E-state index in [1.165, 1.54) is 31.5 Å². The summed E-state index contributed by atoms with van der Waals surface area (Å²) in [5, 5.41) is 0.338. The molecule has 0 atom stereocenters. The molecule has 7 heteroatoms. The highest BCUT2D eigenvalue weighted by molar-refractivity contribution is 6.33. The van der Waals surface area contributed by atoms with Crippen LogP contribution in [0.4, 0.5) is 5.69 Å². The van der Waals surface area contributed by atoms with Crippen LogP contribution in [0.1, 0.15) is 0 Å². The number of pyridine rings is 1. The summed E-state index contributed by atoms with van der Waals surface area (Å²) in [6.45, 7) is -0.204. The van der Waals surface area contributed by atoms with Gasteiger partial charge < -0.3 is 14.4 Å². The first-order chi connectivity index (χ1) is 8.58. The van der Waals surface area contributed by atoms with Gasteiger partial charge >= 0.3 is 11.9 Å². The Balaban J connectivity index is 2.93. The largest absolute Gasteiger partial charge is 0.468 e. The number of nitrogens with zero attached hydrogens (tertiary/aromatic N) is 2.